The van der Waals surface area contributed by atoms with E-state index in [-0.39, 0.29) is 5.76 Å². The monoisotopic (exact) mass is 244 g/mol. The molecule has 0 fully saturated rings. The van der Waals surface area contributed by atoms with Crippen molar-refractivity contribution in [3.8, 4) is 5.75 Å². The van der Waals surface area contributed by atoms with Crippen LogP contribution in [0.5, 0.6) is 5.75 Å². The Morgan fingerprint density at radius 3 is 2.65 bits per heavy atom. The van der Waals surface area contributed by atoms with Crippen LogP contribution in [0.1, 0.15) is 5.56 Å². The van der Waals surface area contributed by atoms with Gasteiger partial charge in [0, 0.05) is 22.7 Å². The maximum atomic E-state index is 9.94. The van der Waals surface area contributed by atoms with Crippen molar-refractivity contribution in [1.82, 2.24) is 0 Å². The minimum atomic E-state index is 0.194. The summed E-state index contributed by atoms with van der Waals surface area (Å²) in [5, 5.41) is 10.5. The topological polar surface area (TPSA) is 29.5 Å². The van der Waals surface area contributed by atoms with Crippen LogP contribution in [0, 0.1) is 0 Å². The third kappa shape index (κ3) is 1.77. The summed E-state index contributed by atoms with van der Waals surface area (Å²) in [7, 11) is 0. The number of hydrogen-bond acceptors (Lipinski definition) is 2. The molecule has 2 nitrogen and oxygen atoms in total. The highest BCUT2D eigenvalue weighted by Gasteiger charge is 2.18. The maximum absolute atomic E-state index is 9.94. The smallest absolute Gasteiger partial charge is 0.139 e. The van der Waals surface area contributed by atoms with E-state index in [9.17, 15) is 5.11 Å². The summed E-state index contributed by atoms with van der Waals surface area (Å²) in [6, 6.07) is 5.16. The van der Waals surface area contributed by atoms with Gasteiger partial charge < -0.3 is 9.84 Å². The molecule has 0 atom stereocenters. The van der Waals surface area contributed by atoms with Crippen molar-refractivity contribution in [3.63, 3.8) is 0 Å². The quantitative estimate of drug-likeness (QED) is 0.747. The summed E-state index contributed by atoms with van der Waals surface area (Å²) < 4.78 is 5.72. The molecule has 84 valence electrons. The third-order valence-corrected chi connectivity index (χ3v) is 2.89. The highest BCUT2D eigenvalue weighted by Crippen LogP contribution is 2.35. The normalized spacial score (nSPS) is 16.9. The second kappa shape index (κ2) is 3.82. The van der Waals surface area contributed by atoms with E-state index in [2.05, 4.69) is 0 Å². The Balaban J connectivity index is 2.13. The average Bonchev–Trinajstić information content (AvgIpc) is 2.81. The summed E-state index contributed by atoms with van der Waals surface area (Å²) in [6.45, 7) is 0. The molecular formula is C14H9ClO2. The zero-order valence-corrected chi connectivity index (χ0v) is 9.61. The number of aliphatic hydroxyl groups is 1. The summed E-state index contributed by atoms with van der Waals surface area (Å²) in [6.07, 6.45) is 9.31. The first-order valence-electron chi connectivity index (χ1n) is 5.21. The van der Waals surface area contributed by atoms with Crippen LogP contribution in [0.4, 0.5) is 0 Å². The zero-order valence-electron chi connectivity index (χ0n) is 8.85. The number of fused-ring (bicyclic) bond motifs is 1. The highest BCUT2D eigenvalue weighted by atomic mass is 35.5. The number of aliphatic hydroxyl groups excluding tert-OH is 1. The lowest BCUT2D eigenvalue weighted by Gasteiger charge is -2.18. The lowest BCUT2D eigenvalue weighted by Crippen LogP contribution is -2.04. The standard InChI is InChI=1S/C14H9ClO2/c15-10-5-6-11-12(16)8-13(17-14(11)7-10)9-3-1-2-4-9/h1-8,16H. The van der Waals surface area contributed by atoms with Gasteiger partial charge in [-0.2, -0.15) is 0 Å². The van der Waals surface area contributed by atoms with Crippen LogP contribution < -0.4 is 4.74 Å². The fraction of sp³-hybridized carbons (Fsp3) is 0. The molecule has 3 rings (SSSR count). The van der Waals surface area contributed by atoms with E-state index < -0.39 is 0 Å². The Kier molecular flexibility index (Phi) is 2.30. The Morgan fingerprint density at radius 1 is 1.12 bits per heavy atom. The zero-order chi connectivity index (χ0) is 11.8. The van der Waals surface area contributed by atoms with Gasteiger partial charge in [0.25, 0.3) is 0 Å². The minimum Gasteiger partial charge on any atom is -0.507 e. The van der Waals surface area contributed by atoms with Gasteiger partial charge in [0.05, 0.1) is 5.56 Å². The summed E-state index contributed by atoms with van der Waals surface area (Å²) in [4.78, 5) is 0. The van der Waals surface area contributed by atoms with Gasteiger partial charge in [-0.15, -0.1) is 0 Å². The van der Waals surface area contributed by atoms with Gasteiger partial charge in [0.2, 0.25) is 0 Å². The van der Waals surface area contributed by atoms with Crippen LogP contribution in [0.15, 0.2) is 59.9 Å². The summed E-state index contributed by atoms with van der Waals surface area (Å²) in [5.74, 6) is 1.40. The van der Waals surface area contributed by atoms with Gasteiger partial charge in [0.15, 0.2) is 0 Å². The molecule has 0 amide bonds. The molecule has 0 saturated carbocycles. The van der Waals surface area contributed by atoms with E-state index in [1.165, 1.54) is 0 Å². The number of rotatable bonds is 0. The van der Waals surface area contributed by atoms with Crippen molar-refractivity contribution in [3.05, 3.63) is 70.5 Å². The van der Waals surface area contributed by atoms with Crippen LogP contribution >= 0.6 is 11.6 Å². The van der Waals surface area contributed by atoms with E-state index in [1.807, 2.05) is 24.3 Å². The second-order valence-corrected chi connectivity index (χ2v) is 4.25. The lowest BCUT2D eigenvalue weighted by atomic mass is 10.1. The largest absolute Gasteiger partial charge is 0.507 e. The Labute approximate surface area is 104 Å². The van der Waals surface area contributed by atoms with Gasteiger partial charge in [-0.05, 0) is 12.1 Å². The molecule has 0 spiro atoms. The Bertz CT molecular complexity index is 593. The van der Waals surface area contributed by atoms with Gasteiger partial charge >= 0.3 is 0 Å². The van der Waals surface area contributed by atoms with Crippen LogP contribution in [0.25, 0.3) is 5.76 Å². The predicted octanol–water partition coefficient (Wildman–Crippen LogP) is 4.01. The molecule has 17 heavy (non-hydrogen) atoms. The minimum absolute atomic E-state index is 0.194. The first kappa shape index (κ1) is 10.2. The molecule has 1 N–H and O–H groups in total. The SMILES string of the molecule is OC1=CC(=C2C=CC=C2)Oc2cc(Cl)ccc21. The predicted molar refractivity (Wildman–Crippen MR) is 68.0 cm³/mol. The molecule has 1 heterocycles. The van der Waals surface area contributed by atoms with Crippen molar-refractivity contribution >= 4 is 17.4 Å². The van der Waals surface area contributed by atoms with E-state index in [4.69, 9.17) is 16.3 Å². The molecule has 0 aromatic heterocycles. The number of allylic oxidation sites excluding steroid dienone is 6. The molecule has 3 heteroatoms. The number of ether oxygens (including phenoxy) is 1. The van der Waals surface area contributed by atoms with Crippen molar-refractivity contribution in [2.75, 3.05) is 0 Å². The molecular weight excluding hydrogens is 236 g/mol. The molecule has 0 unspecified atom stereocenters. The maximum Gasteiger partial charge on any atom is 0.139 e. The molecule has 0 bridgehead atoms. The molecule has 1 aromatic carbocycles. The van der Waals surface area contributed by atoms with Crippen molar-refractivity contribution in [2.24, 2.45) is 0 Å². The van der Waals surface area contributed by atoms with Gasteiger partial charge in [-0.3, -0.25) is 0 Å². The number of hydrogen-bond donors (Lipinski definition) is 1. The van der Waals surface area contributed by atoms with Crippen LogP contribution in [0.3, 0.4) is 0 Å². The van der Waals surface area contributed by atoms with E-state index in [0.29, 0.717) is 22.1 Å². The van der Waals surface area contributed by atoms with Gasteiger partial charge in [-0.1, -0.05) is 35.9 Å². The van der Waals surface area contributed by atoms with Crippen molar-refractivity contribution in [2.45, 2.75) is 0 Å². The van der Waals surface area contributed by atoms with Crippen LogP contribution in [-0.4, -0.2) is 5.11 Å². The molecule has 0 saturated heterocycles. The second-order valence-electron chi connectivity index (χ2n) is 3.81. The van der Waals surface area contributed by atoms with E-state index in [0.717, 1.165) is 5.57 Å². The van der Waals surface area contributed by atoms with E-state index >= 15 is 0 Å². The molecule has 1 aliphatic heterocycles. The number of benzene rings is 1. The summed E-state index contributed by atoms with van der Waals surface area (Å²) >= 11 is 5.91. The third-order valence-electron chi connectivity index (χ3n) is 2.65. The molecule has 1 aromatic rings. The fourth-order valence-electron chi connectivity index (χ4n) is 1.82. The van der Waals surface area contributed by atoms with Crippen LogP contribution in [0.2, 0.25) is 5.02 Å². The highest BCUT2D eigenvalue weighted by molar-refractivity contribution is 6.30. The van der Waals surface area contributed by atoms with E-state index in [1.54, 1.807) is 24.3 Å². The molecule has 2 aliphatic rings. The van der Waals surface area contributed by atoms with Gasteiger partial charge in [-0.25, -0.2) is 0 Å². The number of halogens is 1. The van der Waals surface area contributed by atoms with Gasteiger partial charge in [0.1, 0.15) is 17.3 Å². The van der Waals surface area contributed by atoms with Crippen molar-refractivity contribution in [1.29, 1.82) is 0 Å². The first-order valence-corrected chi connectivity index (χ1v) is 5.59. The average molecular weight is 245 g/mol. The first-order chi connectivity index (χ1) is 8.24. The van der Waals surface area contributed by atoms with Crippen LogP contribution in [-0.2, 0) is 0 Å². The van der Waals surface area contributed by atoms with Crippen molar-refractivity contribution < 1.29 is 9.84 Å². The fourth-order valence-corrected chi connectivity index (χ4v) is 1.98. The Morgan fingerprint density at radius 2 is 1.88 bits per heavy atom. The molecule has 0 radical (unpaired) electrons. The Hall–Kier alpha value is -1.93. The lowest BCUT2D eigenvalue weighted by molar-refractivity contribution is 0.416. The molecule has 1 aliphatic carbocycles. The summed E-state index contributed by atoms with van der Waals surface area (Å²) in [5.41, 5.74) is 1.59.